The first kappa shape index (κ1) is 9.60. The zero-order valence-corrected chi connectivity index (χ0v) is 9.33. The molecule has 16 heavy (non-hydrogen) atoms. The summed E-state index contributed by atoms with van der Waals surface area (Å²) in [5.41, 5.74) is 5.18. The number of aromatic nitrogens is 2. The van der Waals surface area contributed by atoms with Gasteiger partial charge in [-0.25, -0.2) is 0 Å². The third kappa shape index (κ3) is 1.53. The summed E-state index contributed by atoms with van der Waals surface area (Å²) in [4.78, 5) is 0. The average molecular weight is 213 g/mol. The Morgan fingerprint density at radius 1 is 1.31 bits per heavy atom. The van der Waals surface area contributed by atoms with Gasteiger partial charge in [-0.15, -0.1) is 0 Å². The van der Waals surface area contributed by atoms with E-state index in [1.807, 2.05) is 6.07 Å². The Hall–Kier alpha value is -1.61. The summed E-state index contributed by atoms with van der Waals surface area (Å²) >= 11 is 0. The highest BCUT2D eigenvalue weighted by Crippen LogP contribution is 2.27. The smallest absolute Gasteiger partial charge is 0.0650 e. The molecular weight excluding hydrogens is 198 g/mol. The molecule has 3 heteroatoms. The van der Waals surface area contributed by atoms with Crippen molar-refractivity contribution in [3.8, 4) is 11.3 Å². The molecule has 2 N–H and O–H groups in total. The summed E-state index contributed by atoms with van der Waals surface area (Å²) in [5.74, 6) is 0. The van der Waals surface area contributed by atoms with Crippen molar-refractivity contribution in [3.05, 3.63) is 41.6 Å². The van der Waals surface area contributed by atoms with E-state index >= 15 is 0 Å². The normalized spacial score (nSPS) is 19.4. The van der Waals surface area contributed by atoms with Gasteiger partial charge in [0.1, 0.15) is 0 Å². The van der Waals surface area contributed by atoms with Gasteiger partial charge in [-0.3, -0.25) is 5.10 Å². The van der Waals surface area contributed by atoms with E-state index in [1.54, 1.807) is 6.20 Å². The summed E-state index contributed by atoms with van der Waals surface area (Å²) in [7, 11) is 0. The number of nitrogens with zero attached hydrogens (tertiary/aromatic N) is 1. The monoisotopic (exact) mass is 213 g/mol. The van der Waals surface area contributed by atoms with Crippen LogP contribution in [0.5, 0.6) is 0 Å². The lowest BCUT2D eigenvalue weighted by Crippen LogP contribution is -2.27. The van der Waals surface area contributed by atoms with Gasteiger partial charge in [-0.05, 0) is 48.7 Å². The standard InChI is InChI=1S/C13H15N3/c1-9-12-8-11(13-5-7-15-16-13)3-2-10(12)4-6-14-9/h2-3,5,7-9,14H,4,6H2,1H3,(H,15,16). The van der Waals surface area contributed by atoms with Gasteiger partial charge >= 0.3 is 0 Å². The third-order valence-corrected chi connectivity index (χ3v) is 3.27. The van der Waals surface area contributed by atoms with Gasteiger partial charge in [0, 0.05) is 12.2 Å². The van der Waals surface area contributed by atoms with Crippen molar-refractivity contribution in [3.63, 3.8) is 0 Å². The predicted octanol–water partition coefficient (Wildman–Crippen LogP) is 2.28. The largest absolute Gasteiger partial charge is 0.310 e. The molecular formula is C13H15N3. The minimum absolute atomic E-state index is 0.451. The van der Waals surface area contributed by atoms with Crippen LogP contribution >= 0.6 is 0 Å². The fraction of sp³-hybridized carbons (Fsp3) is 0.308. The van der Waals surface area contributed by atoms with E-state index < -0.39 is 0 Å². The van der Waals surface area contributed by atoms with Gasteiger partial charge in [0.05, 0.1) is 5.69 Å². The average Bonchev–Trinajstić information content (AvgIpc) is 2.83. The topological polar surface area (TPSA) is 40.7 Å². The fourth-order valence-electron chi connectivity index (χ4n) is 2.34. The number of hydrogen-bond acceptors (Lipinski definition) is 2. The molecule has 0 saturated carbocycles. The summed E-state index contributed by atoms with van der Waals surface area (Å²) < 4.78 is 0. The fourth-order valence-corrected chi connectivity index (χ4v) is 2.34. The molecule has 1 aliphatic heterocycles. The minimum Gasteiger partial charge on any atom is -0.310 e. The van der Waals surface area contributed by atoms with Crippen LogP contribution in [0.2, 0.25) is 0 Å². The Morgan fingerprint density at radius 3 is 3.06 bits per heavy atom. The van der Waals surface area contributed by atoms with Crippen LogP contribution in [0.4, 0.5) is 0 Å². The Kier molecular flexibility index (Phi) is 2.26. The Labute approximate surface area is 94.9 Å². The van der Waals surface area contributed by atoms with Crippen LogP contribution in [0, 0.1) is 0 Å². The van der Waals surface area contributed by atoms with Gasteiger partial charge in [0.25, 0.3) is 0 Å². The van der Waals surface area contributed by atoms with E-state index in [0.717, 1.165) is 18.7 Å². The zero-order valence-electron chi connectivity index (χ0n) is 9.33. The quantitative estimate of drug-likeness (QED) is 0.763. The molecule has 2 aromatic rings. The lowest BCUT2D eigenvalue weighted by Gasteiger charge is -2.24. The van der Waals surface area contributed by atoms with E-state index in [0.29, 0.717) is 6.04 Å². The van der Waals surface area contributed by atoms with Crippen molar-refractivity contribution in [1.82, 2.24) is 15.5 Å². The Bertz CT molecular complexity index is 488. The first-order valence-corrected chi connectivity index (χ1v) is 5.70. The molecule has 1 aromatic heterocycles. The number of H-pyrrole nitrogens is 1. The van der Waals surface area contributed by atoms with Gasteiger partial charge in [-0.1, -0.05) is 12.1 Å². The highest BCUT2D eigenvalue weighted by atomic mass is 15.1. The van der Waals surface area contributed by atoms with Crippen LogP contribution in [0.3, 0.4) is 0 Å². The Balaban J connectivity index is 2.07. The lowest BCUT2D eigenvalue weighted by molar-refractivity contribution is 0.541. The predicted molar refractivity (Wildman–Crippen MR) is 64.1 cm³/mol. The molecule has 1 atom stereocenters. The molecule has 1 aliphatic rings. The molecule has 2 heterocycles. The van der Waals surface area contributed by atoms with E-state index in [2.05, 4.69) is 40.6 Å². The van der Waals surface area contributed by atoms with Gasteiger partial charge in [0.2, 0.25) is 0 Å². The maximum absolute atomic E-state index is 3.99. The number of hydrogen-bond donors (Lipinski definition) is 2. The van der Waals surface area contributed by atoms with Crippen molar-refractivity contribution >= 4 is 0 Å². The van der Waals surface area contributed by atoms with Gasteiger partial charge in [0.15, 0.2) is 0 Å². The molecule has 3 nitrogen and oxygen atoms in total. The second kappa shape index (κ2) is 3.76. The van der Waals surface area contributed by atoms with Crippen molar-refractivity contribution < 1.29 is 0 Å². The van der Waals surface area contributed by atoms with Crippen molar-refractivity contribution in [2.24, 2.45) is 0 Å². The number of nitrogens with one attached hydrogen (secondary N) is 2. The summed E-state index contributed by atoms with van der Waals surface area (Å²) in [6.45, 7) is 3.30. The van der Waals surface area contributed by atoms with E-state index in [4.69, 9.17) is 0 Å². The second-order valence-corrected chi connectivity index (χ2v) is 4.31. The van der Waals surface area contributed by atoms with Crippen molar-refractivity contribution in [2.75, 3.05) is 6.54 Å². The molecule has 3 rings (SSSR count). The highest BCUT2D eigenvalue weighted by molar-refractivity contribution is 5.61. The number of fused-ring (bicyclic) bond motifs is 1. The van der Waals surface area contributed by atoms with Crippen LogP contribution in [0.1, 0.15) is 24.1 Å². The molecule has 0 amide bonds. The van der Waals surface area contributed by atoms with Crippen LogP contribution < -0.4 is 5.32 Å². The number of aromatic amines is 1. The minimum atomic E-state index is 0.451. The molecule has 0 saturated heterocycles. The van der Waals surface area contributed by atoms with Crippen LogP contribution in [-0.2, 0) is 6.42 Å². The van der Waals surface area contributed by atoms with Gasteiger partial charge in [-0.2, -0.15) is 5.10 Å². The molecule has 0 fully saturated rings. The van der Waals surface area contributed by atoms with E-state index in [9.17, 15) is 0 Å². The first-order chi connectivity index (χ1) is 7.84. The molecule has 0 radical (unpaired) electrons. The lowest BCUT2D eigenvalue weighted by atomic mass is 9.93. The third-order valence-electron chi connectivity index (χ3n) is 3.27. The first-order valence-electron chi connectivity index (χ1n) is 5.70. The summed E-state index contributed by atoms with van der Waals surface area (Å²) in [5, 5.41) is 10.5. The van der Waals surface area contributed by atoms with Crippen LogP contribution in [0.25, 0.3) is 11.3 Å². The van der Waals surface area contributed by atoms with E-state index in [-0.39, 0.29) is 0 Å². The van der Waals surface area contributed by atoms with Crippen molar-refractivity contribution in [2.45, 2.75) is 19.4 Å². The van der Waals surface area contributed by atoms with Gasteiger partial charge < -0.3 is 5.32 Å². The molecule has 0 bridgehead atoms. The molecule has 0 spiro atoms. The Morgan fingerprint density at radius 2 is 2.25 bits per heavy atom. The molecule has 0 aliphatic carbocycles. The molecule has 1 aromatic carbocycles. The maximum Gasteiger partial charge on any atom is 0.0650 e. The zero-order chi connectivity index (χ0) is 11.0. The van der Waals surface area contributed by atoms with Crippen LogP contribution in [-0.4, -0.2) is 16.7 Å². The summed E-state index contributed by atoms with van der Waals surface area (Å²) in [6, 6.07) is 9.13. The number of rotatable bonds is 1. The number of benzene rings is 1. The van der Waals surface area contributed by atoms with Crippen LogP contribution in [0.15, 0.2) is 30.5 Å². The van der Waals surface area contributed by atoms with E-state index in [1.165, 1.54) is 16.7 Å². The second-order valence-electron chi connectivity index (χ2n) is 4.31. The summed E-state index contributed by atoms with van der Waals surface area (Å²) in [6.07, 6.45) is 2.92. The SMILES string of the molecule is CC1NCCc2ccc(-c3ccn[nH]3)cc21. The molecule has 82 valence electrons. The van der Waals surface area contributed by atoms with Crippen molar-refractivity contribution in [1.29, 1.82) is 0 Å². The molecule has 1 unspecified atom stereocenters. The maximum atomic E-state index is 3.99. The highest BCUT2D eigenvalue weighted by Gasteiger charge is 2.16.